The molecule has 152 valence electrons. The highest BCUT2D eigenvalue weighted by Crippen LogP contribution is 2.35. The number of nitrogens with zero attached hydrogens (tertiary/aromatic N) is 2. The molecule has 1 aromatic carbocycles. The van der Waals surface area contributed by atoms with E-state index in [-0.39, 0.29) is 29.6 Å². The molecule has 2 amide bonds. The molecule has 6 nitrogen and oxygen atoms in total. The molecule has 1 aromatic rings. The van der Waals surface area contributed by atoms with Crippen LogP contribution < -0.4 is 0 Å². The molecule has 0 spiro atoms. The van der Waals surface area contributed by atoms with Gasteiger partial charge in [0.1, 0.15) is 11.4 Å². The Kier molecular flexibility index (Phi) is 6.06. The van der Waals surface area contributed by atoms with Crippen molar-refractivity contribution in [2.75, 3.05) is 26.2 Å². The van der Waals surface area contributed by atoms with Gasteiger partial charge in [-0.25, -0.2) is 4.79 Å². The van der Waals surface area contributed by atoms with Gasteiger partial charge in [0.2, 0.25) is 5.91 Å². The van der Waals surface area contributed by atoms with Crippen molar-refractivity contribution < 1.29 is 19.1 Å². The SMILES string of the molecule is CC(C)(C)OC(=O)N1CC[C@@H](C(=O)N2CCC(=O)CC2)[C@H](c2ccccc2)C1. The number of benzene rings is 1. The third kappa shape index (κ3) is 4.91. The molecule has 2 aliphatic heterocycles. The van der Waals surface area contributed by atoms with Crippen LogP contribution in [0.4, 0.5) is 4.79 Å². The number of hydrogen-bond donors (Lipinski definition) is 0. The number of Topliss-reactive ketones (excluding diaryl/α,β-unsaturated/α-hetero) is 1. The first-order valence-electron chi connectivity index (χ1n) is 10.1. The zero-order valence-corrected chi connectivity index (χ0v) is 17.0. The fraction of sp³-hybridized carbons (Fsp3) is 0.591. The Labute approximate surface area is 166 Å². The van der Waals surface area contributed by atoms with Gasteiger partial charge in [-0.3, -0.25) is 9.59 Å². The molecule has 0 unspecified atom stereocenters. The maximum atomic E-state index is 13.2. The summed E-state index contributed by atoms with van der Waals surface area (Å²) in [4.78, 5) is 40.9. The number of ether oxygens (including phenoxy) is 1. The van der Waals surface area contributed by atoms with Crippen LogP contribution in [0, 0.1) is 5.92 Å². The van der Waals surface area contributed by atoms with Crippen molar-refractivity contribution in [2.45, 2.75) is 51.6 Å². The fourth-order valence-corrected chi connectivity index (χ4v) is 3.99. The highest BCUT2D eigenvalue weighted by Gasteiger charge is 2.40. The van der Waals surface area contributed by atoms with Crippen LogP contribution in [0.3, 0.4) is 0 Å². The summed E-state index contributed by atoms with van der Waals surface area (Å²) >= 11 is 0. The molecule has 0 radical (unpaired) electrons. The monoisotopic (exact) mass is 386 g/mol. The van der Waals surface area contributed by atoms with Gasteiger partial charge in [-0.2, -0.15) is 0 Å². The Hall–Kier alpha value is -2.37. The smallest absolute Gasteiger partial charge is 0.410 e. The first-order valence-corrected chi connectivity index (χ1v) is 10.1. The maximum absolute atomic E-state index is 13.2. The molecule has 2 fully saturated rings. The Bertz CT molecular complexity index is 716. The van der Waals surface area contributed by atoms with Crippen LogP contribution in [0.5, 0.6) is 0 Å². The van der Waals surface area contributed by atoms with Crippen LogP contribution in [0.2, 0.25) is 0 Å². The average molecular weight is 386 g/mol. The third-order valence-electron chi connectivity index (χ3n) is 5.44. The Morgan fingerprint density at radius 3 is 2.25 bits per heavy atom. The first kappa shape index (κ1) is 20.4. The van der Waals surface area contributed by atoms with Crippen LogP contribution in [0.1, 0.15) is 51.5 Å². The third-order valence-corrected chi connectivity index (χ3v) is 5.44. The summed E-state index contributed by atoms with van der Waals surface area (Å²) in [5.74, 6) is 0.0653. The van der Waals surface area contributed by atoms with E-state index in [9.17, 15) is 14.4 Å². The number of hydrogen-bond acceptors (Lipinski definition) is 4. The Balaban J connectivity index is 1.77. The highest BCUT2D eigenvalue weighted by molar-refractivity contribution is 5.85. The molecule has 0 saturated carbocycles. The molecule has 2 aliphatic rings. The van der Waals surface area contributed by atoms with E-state index in [2.05, 4.69) is 0 Å². The van der Waals surface area contributed by atoms with E-state index in [0.717, 1.165) is 5.56 Å². The molecule has 0 N–H and O–H groups in total. The average Bonchev–Trinajstić information content (AvgIpc) is 2.67. The summed E-state index contributed by atoms with van der Waals surface area (Å²) in [6, 6.07) is 9.91. The van der Waals surface area contributed by atoms with Crippen molar-refractivity contribution in [3.8, 4) is 0 Å². The van der Waals surface area contributed by atoms with Crippen molar-refractivity contribution in [3.05, 3.63) is 35.9 Å². The quantitative estimate of drug-likeness (QED) is 0.783. The zero-order valence-electron chi connectivity index (χ0n) is 17.0. The van der Waals surface area contributed by atoms with Gasteiger partial charge in [0.05, 0.1) is 0 Å². The second kappa shape index (κ2) is 8.33. The molecule has 0 aliphatic carbocycles. The van der Waals surface area contributed by atoms with Crippen LogP contribution in [-0.4, -0.2) is 59.4 Å². The van der Waals surface area contributed by atoms with Gasteiger partial charge in [0, 0.05) is 50.9 Å². The second-order valence-electron chi connectivity index (χ2n) is 8.70. The van der Waals surface area contributed by atoms with Gasteiger partial charge in [0.15, 0.2) is 0 Å². The Morgan fingerprint density at radius 2 is 1.64 bits per heavy atom. The van der Waals surface area contributed by atoms with E-state index < -0.39 is 5.60 Å². The van der Waals surface area contributed by atoms with Crippen molar-refractivity contribution in [2.24, 2.45) is 5.92 Å². The second-order valence-corrected chi connectivity index (χ2v) is 8.70. The summed E-state index contributed by atoms with van der Waals surface area (Å²) in [6.07, 6.45) is 1.15. The van der Waals surface area contributed by atoms with E-state index in [4.69, 9.17) is 4.74 Å². The number of carbonyl (C=O) groups excluding carboxylic acids is 3. The minimum Gasteiger partial charge on any atom is -0.444 e. The van der Waals surface area contributed by atoms with Crippen molar-refractivity contribution in [1.29, 1.82) is 0 Å². The maximum Gasteiger partial charge on any atom is 0.410 e. The lowest BCUT2D eigenvalue weighted by atomic mass is 9.79. The predicted molar refractivity (Wildman–Crippen MR) is 106 cm³/mol. The minimum atomic E-state index is -0.549. The number of piperidine rings is 2. The van der Waals surface area contributed by atoms with Gasteiger partial charge in [-0.1, -0.05) is 30.3 Å². The summed E-state index contributed by atoms with van der Waals surface area (Å²) in [7, 11) is 0. The van der Waals surface area contributed by atoms with Crippen molar-refractivity contribution in [1.82, 2.24) is 9.80 Å². The lowest BCUT2D eigenvalue weighted by Crippen LogP contribution is -2.50. The number of amides is 2. The number of likely N-dealkylation sites (tertiary alicyclic amines) is 2. The molecule has 3 rings (SSSR count). The van der Waals surface area contributed by atoms with Crippen LogP contribution in [0.15, 0.2) is 30.3 Å². The molecule has 2 saturated heterocycles. The van der Waals surface area contributed by atoms with Gasteiger partial charge in [0.25, 0.3) is 0 Å². The van der Waals surface area contributed by atoms with Gasteiger partial charge < -0.3 is 14.5 Å². The van der Waals surface area contributed by atoms with Crippen LogP contribution in [-0.2, 0) is 14.3 Å². The van der Waals surface area contributed by atoms with E-state index in [0.29, 0.717) is 45.4 Å². The highest BCUT2D eigenvalue weighted by atomic mass is 16.6. The first-order chi connectivity index (χ1) is 13.2. The fourth-order valence-electron chi connectivity index (χ4n) is 3.99. The normalized spacial score (nSPS) is 23.5. The van der Waals surface area contributed by atoms with E-state index in [1.165, 1.54) is 0 Å². The van der Waals surface area contributed by atoms with E-state index in [1.54, 1.807) is 4.90 Å². The standard InChI is InChI=1S/C22H30N2O4/c1-22(2,3)28-21(27)24-14-11-18(19(15-24)16-7-5-4-6-8-16)20(26)23-12-9-17(25)10-13-23/h4-8,18-19H,9-15H2,1-3H3/t18-,19+/m1/s1. The predicted octanol–water partition coefficient (Wildman–Crippen LogP) is 3.22. The lowest BCUT2D eigenvalue weighted by molar-refractivity contribution is -0.140. The molecular formula is C22H30N2O4. The summed E-state index contributed by atoms with van der Waals surface area (Å²) in [5, 5.41) is 0. The zero-order chi connectivity index (χ0) is 20.3. The van der Waals surface area contributed by atoms with E-state index >= 15 is 0 Å². The Morgan fingerprint density at radius 1 is 1.00 bits per heavy atom. The molecule has 0 bridgehead atoms. The summed E-state index contributed by atoms with van der Waals surface area (Å²) in [6.45, 7) is 7.54. The molecule has 2 atom stereocenters. The molecular weight excluding hydrogens is 356 g/mol. The molecule has 6 heteroatoms. The number of ketones is 1. The summed E-state index contributed by atoms with van der Waals surface area (Å²) < 4.78 is 5.54. The number of carbonyl (C=O) groups is 3. The van der Waals surface area contributed by atoms with Crippen molar-refractivity contribution in [3.63, 3.8) is 0 Å². The molecule has 2 heterocycles. The minimum absolute atomic E-state index is 0.0763. The van der Waals surface area contributed by atoms with Gasteiger partial charge in [-0.05, 0) is 32.8 Å². The largest absolute Gasteiger partial charge is 0.444 e. The molecule has 28 heavy (non-hydrogen) atoms. The number of rotatable bonds is 2. The molecule has 0 aromatic heterocycles. The van der Waals surface area contributed by atoms with E-state index in [1.807, 2.05) is 56.0 Å². The van der Waals surface area contributed by atoms with Crippen molar-refractivity contribution >= 4 is 17.8 Å². The summed E-state index contributed by atoms with van der Waals surface area (Å²) in [5.41, 5.74) is 0.508. The van der Waals surface area contributed by atoms with Gasteiger partial charge >= 0.3 is 6.09 Å². The topological polar surface area (TPSA) is 66.9 Å². The van der Waals surface area contributed by atoms with Crippen LogP contribution in [0.25, 0.3) is 0 Å². The van der Waals surface area contributed by atoms with Crippen LogP contribution >= 0.6 is 0 Å². The van der Waals surface area contributed by atoms with Gasteiger partial charge in [-0.15, -0.1) is 0 Å². The lowest BCUT2D eigenvalue weighted by Gasteiger charge is -2.41.